The predicted octanol–water partition coefficient (Wildman–Crippen LogP) is 4.01. The molecule has 0 aliphatic rings. The van der Waals surface area contributed by atoms with Gasteiger partial charge >= 0.3 is 5.97 Å². The molecule has 0 fully saturated rings. The summed E-state index contributed by atoms with van der Waals surface area (Å²) in [5.41, 5.74) is 0.912. The topological polar surface area (TPSA) is 68.1 Å². The smallest absolute Gasteiger partial charge is 0.350 e. The van der Waals surface area contributed by atoms with Gasteiger partial charge in [-0.15, -0.1) is 0 Å². The second-order valence-electron chi connectivity index (χ2n) is 5.11. The van der Waals surface area contributed by atoms with E-state index < -0.39 is 5.97 Å². The van der Waals surface area contributed by atoms with E-state index in [2.05, 4.69) is 12.1 Å². The number of rotatable bonds is 12. The fourth-order valence-electron chi connectivity index (χ4n) is 1.95. The lowest BCUT2D eigenvalue weighted by Gasteiger charge is -2.07. The molecule has 22 heavy (non-hydrogen) atoms. The Kier molecular flexibility index (Phi) is 9.50. The van der Waals surface area contributed by atoms with E-state index in [0.717, 1.165) is 30.6 Å². The molecule has 0 atom stereocenters. The number of carboxylic acids is 1. The first-order valence-electron chi connectivity index (χ1n) is 7.82. The van der Waals surface area contributed by atoms with E-state index in [1.54, 1.807) is 0 Å². The van der Waals surface area contributed by atoms with Gasteiger partial charge < -0.3 is 14.7 Å². The Balaban J connectivity index is 2.15. The van der Waals surface area contributed by atoms with E-state index in [9.17, 15) is 4.79 Å². The highest BCUT2D eigenvalue weighted by molar-refractivity contribution is 6.21. The number of oxime groups is 1. The Labute approximate surface area is 131 Å². The largest absolute Gasteiger partial charge is 0.494 e. The number of nitrogens with zero attached hydrogens (tertiary/aromatic N) is 1. The highest BCUT2D eigenvalue weighted by atomic mass is 16.6. The van der Waals surface area contributed by atoms with Crippen molar-refractivity contribution < 1.29 is 19.5 Å². The maximum absolute atomic E-state index is 10.2. The fraction of sp³-hybridized carbons (Fsp3) is 0.529. The Bertz CT molecular complexity index is 442. The van der Waals surface area contributed by atoms with Crippen molar-refractivity contribution in [3.8, 4) is 5.75 Å². The monoisotopic (exact) mass is 307 g/mol. The Morgan fingerprint density at radius 2 is 1.82 bits per heavy atom. The summed E-state index contributed by atoms with van der Waals surface area (Å²) in [7, 11) is 0. The molecule has 0 unspecified atom stereocenters. The van der Waals surface area contributed by atoms with Crippen LogP contribution in [0.2, 0.25) is 0 Å². The third-order valence-corrected chi connectivity index (χ3v) is 3.16. The number of carbonyl (C=O) groups is 1. The third kappa shape index (κ3) is 9.00. The molecule has 0 saturated carbocycles. The van der Waals surface area contributed by atoms with Crippen molar-refractivity contribution in [3.63, 3.8) is 0 Å². The van der Waals surface area contributed by atoms with Crippen LogP contribution in [0, 0.1) is 0 Å². The zero-order valence-electron chi connectivity index (χ0n) is 13.2. The molecule has 0 spiro atoms. The van der Waals surface area contributed by atoms with Crippen LogP contribution in [0.3, 0.4) is 0 Å². The van der Waals surface area contributed by atoms with Crippen LogP contribution in [0.15, 0.2) is 29.4 Å². The van der Waals surface area contributed by atoms with Crippen LogP contribution in [-0.4, -0.2) is 23.9 Å². The van der Waals surface area contributed by atoms with Gasteiger partial charge in [0.25, 0.3) is 0 Å². The summed E-state index contributed by atoms with van der Waals surface area (Å²) >= 11 is 0. The average molecular weight is 307 g/mol. The lowest BCUT2D eigenvalue weighted by Crippen LogP contribution is -1.98. The molecule has 0 radical (unpaired) electrons. The van der Waals surface area contributed by atoms with Gasteiger partial charge in [0.05, 0.1) is 6.61 Å². The van der Waals surface area contributed by atoms with Gasteiger partial charge in [-0.3, -0.25) is 0 Å². The maximum Gasteiger partial charge on any atom is 0.350 e. The van der Waals surface area contributed by atoms with Gasteiger partial charge in [-0.2, -0.15) is 0 Å². The van der Waals surface area contributed by atoms with Crippen molar-refractivity contribution in [2.24, 2.45) is 5.16 Å². The highest BCUT2D eigenvalue weighted by Gasteiger charge is 1.97. The van der Waals surface area contributed by atoms with Gasteiger partial charge in [-0.05, 0) is 24.1 Å². The highest BCUT2D eigenvalue weighted by Crippen LogP contribution is 2.14. The summed E-state index contributed by atoms with van der Waals surface area (Å²) in [5, 5.41) is 11.7. The normalized spacial score (nSPS) is 10.8. The van der Waals surface area contributed by atoms with E-state index >= 15 is 0 Å². The van der Waals surface area contributed by atoms with Crippen molar-refractivity contribution >= 4 is 12.2 Å². The van der Waals surface area contributed by atoms with Crippen LogP contribution < -0.4 is 4.74 Å². The molecule has 1 N–H and O–H groups in total. The number of carboxylic acid groups (broad SMARTS) is 1. The maximum atomic E-state index is 10.2. The Morgan fingerprint density at radius 3 is 2.50 bits per heavy atom. The Morgan fingerprint density at radius 1 is 1.14 bits per heavy atom. The number of ether oxygens (including phenoxy) is 1. The molecule has 0 aliphatic carbocycles. The molecule has 0 heterocycles. The zero-order valence-corrected chi connectivity index (χ0v) is 13.2. The summed E-state index contributed by atoms with van der Waals surface area (Å²) in [6, 6.07) is 7.53. The average Bonchev–Trinajstić information content (AvgIpc) is 2.52. The van der Waals surface area contributed by atoms with Gasteiger partial charge in [-0.1, -0.05) is 56.3 Å². The summed E-state index contributed by atoms with van der Waals surface area (Å²) in [6.07, 6.45) is 8.21. The van der Waals surface area contributed by atoms with Crippen molar-refractivity contribution in [3.05, 3.63) is 29.8 Å². The zero-order chi connectivity index (χ0) is 16.0. The molecule has 1 aromatic carbocycles. The summed E-state index contributed by atoms with van der Waals surface area (Å²) in [6.45, 7) is 3.20. The Hall–Kier alpha value is -2.04. The molecular weight excluding hydrogens is 282 g/mol. The fourth-order valence-corrected chi connectivity index (χ4v) is 1.95. The minimum absolute atomic E-state index is 0.238. The van der Waals surface area contributed by atoms with E-state index in [4.69, 9.17) is 14.7 Å². The summed E-state index contributed by atoms with van der Waals surface area (Å²) in [5.74, 6) is -0.287. The lowest BCUT2D eigenvalue weighted by atomic mass is 10.1. The van der Waals surface area contributed by atoms with Gasteiger partial charge in [-0.25, -0.2) is 4.79 Å². The van der Waals surface area contributed by atoms with E-state index in [1.807, 2.05) is 24.3 Å². The molecule has 0 aromatic heterocycles. The third-order valence-electron chi connectivity index (χ3n) is 3.16. The number of hydrogen-bond donors (Lipinski definition) is 1. The van der Waals surface area contributed by atoms with Gasteiger partial charge in [0.2, 0.25) is 0 Å². The first-order chi connectivity index (χ1) is 10.7. The van der Waals surface area contributed by atoms with Crippen LogP contribution in [0.25, 0.3) is 0 Å². The molecule has 0 saturated heterocycles. The van der Waals surface area contributed by atoms with Crippen LogP contribution in [0.4, 0.5) is 0 Å². The lowest BCUT2D eigenvalue weighted by molar-refractivity contribution is -0.129. The number of hydrogen-bond acceptors (Lipinski definition) is 4. The van der Waals surface area contributed by atoms with Crippen molar-refractivity contribution in [2.45, 2.75) is 52.1 Å². The first kappa shape index (κ1) is 18.0. The van der Waals surface area contributed by atoms with Crippen molar-refractivity contribution in [1.29, 1.82) is 0 Å². The second kappa shape index (κ2) is 11.6. The number of aliphatic carboxylic acids is 1. The van der Waals surface area contributed by atoms with Crippen LogP contribution >= 0.6 is 0 Å². The SMILES string of the molecule is CCCCCCCCOc1ccc(CO/N=C\C(=O)O)cc1. The predicted molar refractivity (Wildman–Crippen MR) is 86.2 cm³/mol. The minimum Gasteiger partial charge on any atom is -0.494 e. The second-order valence-corrected chi connectivity index (χ2v) is 5.11. The molecule has 0 bridgehead atoms. The van der Waals surface area contributed by atoms with Crippen LogP contribution in [-0.2, 0) is 16.2 Å². The molecule has 5 heteroatoms. The van der Waals surface area contributed by atoms with Crippen molar-refractivity contribution in [2.75, 3.05) is 6.61 Å². The molecular formula is C17H25NO4. The molecule has 1 rings (SSSR count). The molecule has 5 nitrogen and oxygen atoms in total. The quantitative estimate of drug-likeness (QED) is 0.360. The standard InChI is InChI=1S/C17H25NO4/c1-2-3-4-5-6-7-12-21-16-10-8-15(9-11-16)14-22-18-13-17(19)20/h8-11,13H,2-7,12,14H2,1H3,(H,19,20)/b18-13-. The van der Waals surface area contributed by atoms with E-state index in [0.29, 0.717) is 0 Å². The van der Waals surface area contributed by atoms with Gasteiger partial charge in [0, 0.05) is 0 Å². The minimum atomic E-state index is -1.13. The summed E-state index contributed by atoms with van der Waals surface area (Å²) < 4.78 is 5.68. The molecule has 122 valence electrons. The molecule has 0 aliphatic heterocycles. The van der Waals surface area contributed by atoms with E-state index in [-0.39, 0.29) is 6.61 Å². The number of unbranched alkanes of at least 4 members (excludes halogenated alkanes) is 5. The van der Waals surface area contributed by atoms with Gasteiger partial charge in [0.15, 0.2) is 6.21 Å². The first-order valence-corrected chi connectivity index (χ1v) is 7.82. The van der Waals surface area contributed by atoms with Gasteiger partial charge in [0.1, 0.15) is 12.4 Å². The van der Waals surface area contributed by atoms with Crippen molar-refractivity contribution in [1.82, 2.24) is 0 Å². The summed E-state index contributed by atoms with van der Waals surface area (Å²) in [4.78, 5) is 15.1. The number of benzene rings is 1. The van der Waals surface area contributed by atoms with E-state index in [1.165, 1.54) is 32.1 Å². The van der Waals surface area contributed by atoms with Crippen LogP contribution in [0.5, 0.6) is 5.75 Å². The molecule has 0 amide bonds. The molecule has 1 aromatic rings. The van der Waals surface area contributed by atoms with Crippen LogP contribution in [0.1, 0.15) is 51.0 Å².